The molecule has 0 saturated heterocycles. The van der Waals surface area contributed by atoms with Gasteiger partial charge >= 0.3 is 170 Å². The van der Waals surface area contributed by atoms with Crippen LogP contribution in [-0.2, 0) is 45.9 Å². The minimum absolute atomic E-state index is 0.0679. The number of pyridine rings is 1. The van der Waals surface area contributed by atoms with E-state index in [1.807, 2.05) is 49.9 Å². The van der Waals surface area contributed by atoms with Crippen LogP contribution in [0, 0.1) is 15.9 Å². The molecule has 7 nitrogen and oxygen atoms in total. The zero-order chi connectivity index (χ0) is 36.3. The average molecular weight is 872 g/mol. The van der Waals surface area contributed by atoms with Crippen molar-refractivity contribution in [1.29, 1.82) is 0 Å². The summed E-state index contributed by atoms with van der Waals surface area (Å²) in [6.07, 6.45) is 6.01. The fraction of sp³-hybridized carbons (Fsp3) is 0.156. The molecule has 0 spiro atoms. The summed E-state index contributed by atoms with van der Waals surface area (Å²) in [5.74, 6) is 2.08. The molecule has 0 N–H and O–H groups in total. The van der Waals surface area contributed by atoms with Crippen molar-refractivity contribution >= 4 is 65.4 Å². The predicted molar refractivity (Wildman–Crippen MR) is 211 cm³/mol. The summed E-state index contributed by atoms with van der Waals surface area (Å²) in [6, 6.07) is 39.3. The van der Waals surface area contributed by atoms with Gasteiger partial charge in [0.05, 0.1) is 11.0 Å². The van der Waals surface area contributed by atoms with Crippen LogP contribution in [0.4, 0.5) is 0 Å². The van der Waals surface area contributed by atoms with Crippen LogP contribution in [0.3, 0.4) is 0 Å². The molecule has 0 atom stereocenters. The van der Waals surface area contributed by atoms with Gasteiger partial charge in [0.15, 0.2) is 0 Å². The monoisotopic (exact) mass is 871 g/mol. The Morgan fingerprint density at radius 2 is 1.32 bits per heavy atom. The van der Waals surface area contributed by atoms with Crippen LogP contribution >= 0.6 is 0 Å². The van der Waals surface area contributed by atoms with Gasteiger partial charge in [-0.25, -0.2) is 0 Å². The van der Waals surface area contributed by atoms with Crippen LogP contribution in [0.25, 0.3) is 76.9 Å². The van der Waals surface area contributed by atoms with Crippen molar-refractivity contribution in [1.82, 2.24) is 27.8 Å². The van der Waals surface area contributed by atoms with Gasteiger partial charge in [0.1, 0.15) is 0 Å². The molecule has 0 aliphatic rings. The molecule has 0 saturated carbocycles. The van der Waals surface area contributed by atoms with Crippen LogP contribution in [-0.4, -0.2) is 27.8 Å². The Morgan fingerprint density at radius 1 is 0.660 bits per heavy atom. The Hall–Kier alpha value is -5.65. The number of nitrogens with zero attached hydrogens (tertiary/aromatic N) is 6. The molecule has 8 heteroatoms. The molecule has 264 valence electrons. The summed E-state index contributed by atoms with van der Waals surface area (Å²) in [7, 11) is 6.42. The molecule has 10 aromatic rings. The first-order chi connectivity index (χ1) is 25.6. The van der Waals surface area contributed by atoms with Gasteiger partial charge in [-0.05, 0) is 29.2 Å². The van der Waals surface area contributed by atoms with Crippen LogP contribution in [0.2, 0.25) is 0 Å². The third-order valence-electron chi connectivity index (χ3n) is 10.7. The van der Waals surface area contributed by atoms with E-state index in [1.54, 1.807) is 0 Å². The van der Waals surface area contributed by atoms with Gasteiger partial charge < -0.3 is 9.13 Å². The molecule has 5 aromatic heterocycles. The van der Waals surface area contributed by atoms with E-state index in [2.05, 4.69) is 156 Å². The molecule has 53 heavy (non-hydrogen) atoms. The number of aromatic nitrogens is 6. The van der Waals surface area contributed by atoms with E-state index in [0.29, 0.717) is 11.5 Å². The third kappa shape index (κ3) is 4.63. The summed E-state index contributed by atoms with van der Waals surface area (Å²) < 4.78 is 18.9. The van der Waals surface area contributed by atoms with Gasteiger partial charge in [-0.3, -0.25) is 0 Å². The standard InChI is InChI=1S/C45H36N6O.Pt/c1-45(2,3)28-20-21-46-38(24-28)51-37-26-31(52-30-13-11-12-29(25-30)50-23-22-47(4)27-50)18-19-34(37)39-40-32-14-7-9-16-35(32)48(5)43(40)44-41(42(39)51)33-15-8-10-17-36(33)49(44)6;/h7-24H,1-6H3;/q-2;. The van der Waals surface area contributed by atoms with E-state index in [1.165, 1.54) is 54.6 Å². The molecule has 0 unspecified atom stereocenters. The second-order valence-corrected chi connectivity index (χ2v) is 15.9. The van der Waals surface area contributed by atoms with Crippen LogP contribution in [0.15, 0.2) is 110 Å². The SMILES string of the molecule is Cn1ccn(-c2[c-]c(Oc3[c-]c4c(cc3)c3c5c6ccccc6n(C)c5c5c(c6ccccc6n5C)c3n4-c3cc(C(C)(C)C)ccn3)ccc2)[c]1=[Pt]. The second-order valence-electron chi connectivity index (χ2n) is 14.9. The second kappa shape index (κ2) is 11.4. The predicted octanol–water partition coefficient (Wildman–Crippen LogP) is 10.4. The number of rotatable bonds is 4. The van der Waals surface area contributed by atoms with Crippen molar-refractivity contribution in [2.24, 2.45) is 21.1 Å². The van der Waals surface area contributed by atoms with Crippen molar-refractivity contribution in [3.8, 4) is 23.0 Å². The van der Waals surface area contributed by atoms with Gasteiger partial charge in [-0.2, -0.15) is 0 Å². The molecule has 0 fully saturated rings. The van der Waals surface area contributed by atoms with E-state index in [4.69, 9.17) is 9.72 Å². The summed E-state index contributed by atoms with van der Waals surface area (Å²) >= 11 is 2.32. The Kier molecular flexibility index (Phi) is 6.90. The van der Waals surface area contributed by atoms with E-state index in [9.17, 15) is 0 Å². The van der Waals surface area contributed by atoms with E-state index in [-0.39, 0.29) is 5.41 Å². The van der Waals surface area contributed by atoms with Gasteiger partial charge in [-0.1, -0.05) is 57.2 Å². The Labute approximate surface area is 317 Å². The molecular formula is C45H36N6OPt-2. The van der Waals surface area contributed by atoms with Crippen molar-refractivity contribution in [3.05, 3.63) is 131 Å². The third-order valence-corrected chi connectivity index (χ3v) is 12.1. The van der Waals surface area contributed by atoms with Crippen molar-refractivity contribution in [2.45, 2.75) is 26.2 Å². The summed E-state index contributed by atoms with van der Waals surface area (Å²) in [5.41, 5.74) is 8.86. The maximum atomic E-state index is 6.61. The van der Waals surface area contributed by atoms with E-state index < -0.39 is 0 Å². The van der Waals surface area contributed by atoms with Crippen molar-refractivity contribution in [2.75, 3.05) is 0 Å². The van der Waals surface area contributed by atoms with Gasteiger partial charge in [-0.15, -0.1) is 0 Å². The number of hydrogen-bond donors (Lipinski definition) is 0. The topological polar surface area (TPSA) is 46.8 Å². The van der Waals surface area contributed by atoms with Crippen LogP contribution in [0.5, 0.6) is 11.5 Å². The molecule has 10 rings (SSSR count). The molecule has 5 heterocycles. The number of ether oxygens (including phenoxy) is 1. The van der Waals surface area contributed by atoms with Crippen LogP contribution < -0.4 is 4.74 Å². The molecule has 0 radical (unpaired) electrons. The molecule has 0 aliphatic carbocycles. The number of imidazole rings is 1. The number of aryl methyl sites for hydroxylation is 3. The normalized spacial score (nSPS) is 12.5. The van der Waals surface area contributed by atoms with Gasteiger partial charge in [0.2, 0.25) is 0 Å². The Bertz CT molecular complexity index is 3200. The number of fused-ring (bicyclic) bond motifs is 12. The van der Waals surface area contributed by atoms with E-state index in [0.717, 1.165) is 31.7 Å². The zero-order valence-electron chi connectivity index (χ0n) is 30.3. The maximum absolute atomic E-state index is 6.61. The first kappa shape index (κ1) is 32.0. The fourth-order valence-corrected chi connectivity index (χ4v) is 8.80. The summed E-state index contributed by atoms with van der Waals surface area (Å²) in [5, 5.41) is 7.13. The Morgan fingerprint density at radius 3 is 2.02 bits per heavy atom. The zero-order valence-corrected chi connectivity index (χ0v) is 32.6. The number of benzene rings is 5. The fourth-order valence-electron chi connectivity index (χ4n) is 8.19. The van der Waals surface area contributed by atoms with Crippen molar-refractivity contribution < 1.29 is 24.1 Å². The molecule has 0 amide bonds. The first-order valence-electron chi connectivity index (χ1n) is 17.7. The van der Waals surface area contributed by atoms with Crippen molar-refractivity contribution in [3.63, 3.8) is 0 Å². The summed E-state index contributed by atoms with van der Waals surface area (Å²) in [6.45, 7) is 6.74. The van der Waals surface area contributed by atoms with Gasteiger partial charge in [0, 0.05) is 42.1 Å². The van der Waals surface area contributed by atoms with Gasteiger partial charge in [0.25, 0.3) is 0 Å². The number of hydrogen-bond acceptors (Lipinski definition) is 2. The molecule has 0 bridgehead atoms. The summed E-state index contributed by atoms with van der Waals surface area (Å²) in [4.78, 5) is 5.08. The molecular weight excluding hydrogens is 836 g/mol. The molecule has 0 aliphatic heterocycles. The first-order valence-corrected chi connectivity index (χ1v) is 18.9. The quantitative estimate of drug-likeness (QED) is 0.165. The van der Waals surface area contributed by atoms with Crippen LogP contribution in [0.1, 0.15) is 26.3 Å². The average Bonchev–Trinajstić information content (AvgIpc) is 3.86. The van der Waals surface area contributed by atoms with E-state index >= 15 is 0 Å². The number of para-hydroxylation sites is 2. The molecule has 5 aromatic carbocycles. The Balaban J connectivity index is 1.35. The minimum atomic E-state index is -0.0679.